The monoisotopic (exact) mass is 277 g/mol. The van der Waals surface area contributed by atoms with Crippen molar-refractivity contribution in [1.82, 2.24) is 4.98 Å². The van der Waals surface area contributed by atoms with Crippen molar-refractivity contribution < 1.29 is 9.53 Å². The first kappa shape index (κ1) is 13.5. The Morgan fingerprint density at radius 1 is 1.47 bits per heavy atom. The molecule has 0 atom stereocenters. The number of amides is 1. The summed E-state index contributed by atoms with van der Waals surface area (Å²) < 4.78 is 5.30. The molecule has 0 saturated heterocycles. The van der Waals surface area contributed by atoms with Crippen LogP contribution in [0.1, 0.15) is 10.4 Å². The zero-order valence-corrected chi connectivity index (χ0v) is 11.4. The lowest BCUT2D eigenvalue weighted by atomic mass is 10.1. The molecule has 19 heavy (non-hydrogen) atoms. The van der Waals surface area contributed by atoms with Crippen molar-refractivity contribution in [1.29, 1.82) is 0 Å². The van der Waals surface area contributed by atoms with Crippen LogP contribution < -0.4 is 15.8 Å². The van der Waals surface area contributed by atoms with Gasteiger partial charge in [0.05, 0.1) is 13.7 Å². The Hall–Kier alpha value is -1.92. The first-order valence-electron chi connectivity index (χ1n) is 5.79. The van der Waals surface area contributed by atoms with Crippen LogP contribution in [-0.4, -0.2) is 24.5 Å². The van der Waals surface area contributed by atoms with Crippen LogP contribution in [0.25, 0.3) is 0 Å². The van der Waals surface area contributed by atoms with Gasteiger partial charge in [-0.25, -0.2) is 4.98 Å². The van der Waals surface area contributed by atoms with Crippen molar-refractivity contribution in [3.8, 4) is 5.75 Å². The van der Waals surface area contributed by atoms with Gasteiger partial charge in [0.2, 0.25) is 5.91 Å². The van der Waals surface area contributed by atoms with E-state index in [1.165, 1.54) is 11.3 Å². The minimum absolute atomic E-state index is 0.0403. The SMILES string of the molecule is COc1ccccc1Cc1cnc(NC(=O)CN)s1. The van der Waals surface area contributed by atoms with Gasteiger partial charge in [-0.2, -0.15) is 0 Å². The lowest BCUT2D eigenvalue weighted by molar-refractivity contribution is -0.114. The van der Waals surface area contributed by atoms with Crippen molar-refractivity contribution in [2.45, 2.75) is 6.42 Å². The second kappa shape index (κ2) is 6.31. The van der Waals surface area contributed by atoms with Gasteiger partial charge in [0.1, 0.15) is 5.75 Å². The Morgan fingerprint density at radius 2 is 2.26 bits per heavy atom. The number of anilines is 1. The maximum atomic E-state index is 11.2. The highest BCUT2D eigenvalue weighted by Gasteiger charge is 2.08. The number of para-hydroxylation sites is 1. The van der Waals surface area contributed by atoms with Crippen molar-refractivity contribution >= 4 is 22.4 Å². The molecule has 0 radical (unpaired) electrons. The number of hydrogen-bond donors (Lipinski definition) is 2. The van der Waals surface area contributed by atoms with Crippen LogP contribution in [0.15, 0.2) is 30.5 Å². The highest BCUT2D eigenvalue weighted by atomic mass is 32.1. The molecule has 0 aliphatic carbocycles. The number of nitrogens with two attached hydrogens (primary N) is 1. The van der Waals surface area contributed by atoms with Crippen LogP contribution >= 0.6 is 11.3 Å². The first-order valence-corrected chi connectivity index (χ1v) is 6.61. The molecule has 1 aromatic heterocycles. The van der Waals surface area contributed by atoms with E-state index in [9.17, 15) is 4.79 Å². The summed E-state index contributed by atoms with van der Waals surface area (Å²) in [4.78, 5) is 16.4. The van der Waals surface area contributed by atoms with E-state index >= 15 is 0 Å². The van der Waals surface area contributed by atoms with E-state index < -0.39 is 0 Å². The number of thiazole rings is 1. The molecule has 0 aliphatic rings. The molecule has 6 heteroatoms. The molecule has 3 N–H and O–H groups in total. The average Bonchev–Trinajstić information content (AvgIpc) is 2.86. The molecule has 1 aromatic carbocycles. The summed E-state index contributed by atoms with van der Waals surface area (Å²) in [6, 6.07) is 7.84. The van der Waals surface area contributed by atoms with Gasteiger partial charge in [-0.15, -0.1) is 11.3 Å². The molecular weight excluding hydrogens is 262 g/mol. The molecule has 1 heterocycles. The minimum atomic E-state index is -0.238. The Morgan fingerprint density at radius 3 is 3.00 bits per heavy atom. The second-order valence-corrected chi connectivity index (χ2v) is 4.99. The third-order valence-electron chi connectivity index (χ3n) is 2.54. The van der Waals surface area contributed by atoms with Crippen LogP contribution in [0.4, 0.5) is 5.13 Å². The van der Waals surface area contributed by atoms with Gasteiger partial charge in [0, 0.05) is 17.5 Å². The molecule has 0 saturated carbocycles. The van der Waals surface area contributed by atoms with Crippen LogP contribution in [-0.2, 0) is 11.2 Å². The normalized spacial score (nSPS) is 10.2. The third-order valence-corrected chi connectivity index (χ3v) is 3.46. The fourth-order valence-electron chi connectivity index (χ4n) is 1.65. The molecule has 0 bridgehead atoms. The number of nitrogens with one attached hydrogen (secondary N) is 1. The number of hydrogen-bond acceptors (Lipinski definition) is 5. The van der Waals surface area contributed by atoms with Crippen LogP contribution in [0, 0.1) is 0 Å². The predicted molar refractivity (Wildman–Crippen MR) is 75.6 cm³/mol. The number of rotatable bonds is 5. The number of methoxy groups -OCH3 is 1. The van der Waals surface area contributed by atoms with Crippen molar-refractivity contribution in [3.05, 3.63) is 40.9 Å². The largest absolute Gasteiger partial charge is 0.496 e. The van der Waals surface area contributed by atoms with Crippen LogP contribution in [0.2, 0.25) is 0 Å². The van der Waals surface area contributed by atoms with Gasteiger partial charge in [-0.3, -0.25) is 4.79 Å². The molecule has 100 valence electrons. The quantitative estimate of drug-likeness (QED) is 0.871. The van der Waals surface area contributed by atoms with Crippen molar-refractivity contribution in [3.63, 3.8) is 0 Å². The zero-order valence-electron chi connectivity index (χ0n) is 10.6. The van der Waals surface area contributed by atoms with E-state index in [1.807, 2.05) is 24.3 Å². The molecule has 0 spiro atoms. The molecule has 2 aromatic rings. The molecule has 2 rings (SSSR count). The maximum absolute atomic E-state index is 11.2. The van der Waals surface area contributed by atoms with Crippen molar-refractivity contribution in [2.24, 2.45) is 5.73 Å². The van der Waals surface area contributed by atoms with Gasteiger partial charge < -0.3 is 15.8 Å². The molecule has 0 aliphatic heterocycles. The summed E-state index contributed by atoms with van der Waals surface area (Å²) >= 11 is 1.44. The van der Waals surface area contributed by atoms with Crippen molar-refractivity contribution in [2.75, 3.05) is 19.0 Å². The maximum Gasteiger partial charge on any atom is 0.239 e. The second-order valence-electron chi connectivity index (χ2n) is 3.87. The van der Waals surface area contributed by atoms with Gasteiger partial charge in [-0.05, 0) is 11.6 Å². The number of nitrogens with zero attached hydrogens (tertiary/aromatic N) is 1. The Balaban J connectivity index is 2.09. The van der Waals surface area contributed by atoms with Gasteiger partial charge in [-0.1, -0.05) is 18.2 Å². The molecule has 0 fully saturated rings. The number of benzene rings is 1. The summed E-state index contributed by atoms with van der Waals surface area (Å²) in [5.41, 5.74) is 6.32. The highest BCUT2D eigenvalue weighted by Crippen LogP contribution is 2.25. The fourth-order valence-corrected chi connectivity index (χ4v) is 2.51. The zero-order chi connectivity index (χ0) is 13.7. The van der Waals surface area contributed by atoms with Crippen LogP contribution in [0.3, 0.4) is 0 Å². The molecule has 5 nitrogen and oxygen atoms in total. The highest BCUT2D eigenvalue weighted by molar-refractivity contribution is 7.15. The lowest BCUT2D eigenvalue weighted by Crippen LogP contribution is -2.21. The summed E-state index contributed by atoms with van der Waals surface area (Å²) in [5.74, 6) is 0.613. The average molecular weight is 277 g/mol. The smallest absolute Gasteiger partial charge is 0.239 e. The van der Waals surface area contributed by atoms with Crippen LogP contribution in [0.5, 0.6) is 5.75 Å². The van der Waals surface area contributed by atoms with E-state index in [4.69, 9.17) is 10.5 Å². The Bertz CT molecular complexity index is 569. The van der Waals surface area contributed by atoms with E-state index in [2.05, 4.69) is 10.3 Å². The number of carbonyl (C=O) groups excluding carboxylic acids is 1. The van der Waals surface area contributed by atoms with Gasteiger partial charge >= 0.3 is 0 Å². The number of aromatic nitrogens is 1. The topological polar surface area (TPSA) is 77.2 Å². The number of carbonyl (C=O) groups is 1. The summed E-state index contributed by atoms with van der Waals surface area (Å²) in [5, 5.41) is 3.21. The Labute approximate surface area is 115 Å². The van der Waals surface area contributed by atoms with E-state index in [1.54, 1.807) is 13.3 Å². The molecule has 1 amide bonds. The Kier molecular flexibility index (Phi) is 4.48. The third kappa shape index (κ3) is 3.52. The lowest BCUT2D eigenvalue weighted by Gasteiger charge is -2.06. The molecular formula is C13H15N3O2S. The summed E-state index contributed by atoms with van der Waals surface area (Å²) in [7, 11) is 1.65. The first-order chi connectivity index (χ1) is 9.22. The summed E-state index contributed by atoms with van der Waals surface area (Å²) in [6.45, 7) is -0.0403. The van der Waals surface area contributed by atoms with Gasteiger partial charge in [0.25, 0.3) is 0 Å². The van der Waals surface area contributed by atoms with E-state index in [-0.39, 0.29) is 12.5 Å². The van der Waals surface area contributed by atoms with Gasteiger partial charge in [0.15, 0.2) is 5.13 Å². The minimum Gasteiger partial charge on any atom is -0.496 e. The summed E-state index contributed by atoms with van der Waals surface area (Å²) in [6.07, 6.45) is 2.48. The number of ether oxygens (including phenoxy) is 1. The van der Waals surface area contributed by atoms with E-state index in [0.29, 0.717) is 5.13 Å². The standard InChI is InChI=1S/C13H15N3O2S/c1-18-11-5-3-2-4-9(11)6-10-8-15-13(19-10)16-12(17)7-14/h2-5,8H,6-7,14H2,1H3,(H,15,16,17). The molecule has 0 unspecified atom stereocenters. The predicted octanol–water partition coefficient (Wildman–Crippen LogP) is 1.64. The fraction of sp³-hybridized carbons (Fsp3) is 0.231. The van der Waals surface area contributed by atoms with E-state index in [0.717, 1.165) is 22.6 Å².